The van der Waals surface area contributed by atoms with Gasteiger partial charge < -0.3 is 14.4 Å². The van der Waals surface area contributed by atoms with Crippen LogP contribution >= 0.6 is 0 Å². The number of nitrogens with zero attached hydrogens (tertiary/aromatic N) is 3. The van der Waals surface area contributed by atoms with E-state index < -0.39 is 5.82 Å². The zero-order valence-corrected chi connectivity index (χ0v) is 13.8. The largest absolute Gasteiger partial charge is 0.382 e. The summed E-state index contributed by atoms with van der Waals surface area (Å²) in [5, 5.41) is 0. The maximum absolute atomic E-state index is 13.1. The van der Waals surface area contributed by atoms with Gasteiger partial charge in [-0.1, -0.05) is 30.3 Å². The second-order valence-corrected chi connectivity index (χ2v) is 5.84. The Kier molecular flexibility index (Phi) is 5.72. The molecule has 0 saturated carbocycles. The topological polar surface area (TPSA) is 47.5 Å². The standard InChI is InChI=1S/C18H22FN3O2/c1-23-9-10-24-17-7-8-22(18-20-12-15(19)13-21-18)16(17)11-14-5-3-2-4-6-14/h2-6,12-13,16-17H,7-11H2,1H3/t16-,17+/m0/s1. The number of aromatic nitrogens is 2. The van der Waals surface area contributed by atoms with Crippen LogP contribution in [0.2, 0.25) is 0 Å². The van der Waals surface area contributed by atoms with Gasteiger partial charge in [-0.05, 0) is 18.4 Å². The SMILES string of the molecule is COCCO[C@@H]1CCN(c2ncc(F)cn2)[C@H]1Cc1ccccc1. The minimum Gasteiger partial charge on any atom is -0.382 e. The first-order chi connectivity index (χ1) is 11.8. The first-order valence-corrected chi connectivity index (χ1v) is 8.16. The van der Waals surface area contributed by atoms with E-state index in [1.807, 2.05) is 18.2 Å². The van der Waals surface area contributed by atoms with E-state index in [-0.39, 0.29) is 12.1 Å². The number of benzene rings is 1. The van der Waals surface area contributed by atoms with Gasteiger partial charge in [0.2, 0.25) is 5.95 Å². The zero-order valence-electron chi connectivity index (χ0n) is 13.8. The van der Waals surface area contributed by atoms with Crippen molar-refractivity contribution in [3.63, 3.8) is 0 Å². The number of hydrogen-bond donors (Lipinski definition) is 0. The van der Waals surface area contributed by atoms with Crippen LogP contribution in [0.3, 0.4) is 0 Å². The Bertz CT molecular complexity index is 624. The van der Waals surface area contributed by atoms with Crippen molar-refractivity contribution in [1.82, 2.24) is 9.97 Å². The molecule has 5 nitrogen and oxygen atoms in total. The molecule has 1 aromatic carbocycles. The molecular weight excluding hydrogens is 309 g/mol. The highest BCUT2D eigenvalue weighted by Gasteiger charge is 2.36. The second kappa shape index (κ2) is 8.17. The molecule has 0 N–H and O–H groups in total. The van der Waals surface area contributed by atoms with Crippen molar-refractivity contribution in [2.45, 2.75) is 25.0 Å². The van der Waals surface area contributed by atoms with E-state index in [2.05, 4.69) is 27.0 Å². The minimum atomic E-state index is -0.426. The van der Waals surface area contributed by atoms with Crippen molar-refractivity contribution in [1.29, 1.82) is 0 Å². The van der Waals surface area contributed by atoms with Crippen molar-refractivity contribution >= 4 is 5.95 Å². The van der Waals surface area contributed by atoms with Gasteiger partial charge in [0.25, 0.3) is 0 Å². The van der Waals surface area contributed by atoms with Crippen LogP contribution in [0.5, 0.6) is 0 Å². The number of ether oxygens (including phenoxy) is 2. The molecule has 3 rings (SSSR count). The molecule has 1 saturated heterocycles. The van der Waals surface area contributed by atoms with Crippen LogP contribution in [0.25, 0.3) is 0 Å². The van der Waals surface area contributed by atoms with E-state index in [0.29, 0.717) is 19.2 Å². The van der Waals surface area contributed by atoms with Gasteiger partial charge >= 0.3 is 0 Å². The maximum Gasteiger partial charge on any atom is 0.225 e. The van der Waals surface area contributed by atoms with Crippen molar-refractivity contribution in [2.24, 2.45) is 0 Å². The Hall–Kier alpha value is -2.05. The van der Waals surface area contributed by atoms with Gasteiger partial charge in [-0.2, -0.15) is 0 Å². The lowest BCUT2D eigenvalue weighted by molar-refractivity contribution is 0.0136. The molecule has 2 aromatic rings. The summed E-state index contributed by atoms with van der Waals surface area (Å²) in [4.78, 5) is 10.4. The first-order valence-electron chi connectivity index (χ1n) is 8.16. The van der Waals surface area contributed by atoms with E-state index in [1.54, 1.807) is 7.11 Å². The summed E-state index contributed by atoms with van der Waals surface area (Å²) >= 11 is 0. The Labute approximate surface area is 141 Å². The van der Waals surface area contributed by atoms with E-state index >= 15 is 0 Å². The molecule has 1 aromatic heterocycles. The lowest BCUT2D eigenvalue weighted by Gasteiger charge is -2.28. The highest BCUT2D eigenvalue weighted by molar-refractivity contribution is 5.35. The number of halogens is 1. The monoisotopic (exact) mass is 331 g/mol. The second-order valence-electron chi connectivity index (χ2n) is 5.84. The third kappa shape index (κ3) is 4.07. The number of hydrogen-bond acceptors (Lipinski definition) is 5. The maximum atomic E-state index is 13.1. The average Bonchev–Trinajstić information content (AvgIpc) is 2.99. The van der Waals surface area contributed by atoms with Crippen LogP contribution in [0.1, 0.15) is 12.0 Å². The summed E-state index contributed by atoms with van der Waals surface area (Å²) in [6.45, 7) is 1.92. The molecule has 0 bridgehead atoms. The van der Waals surface area contributed by atoms with Crippen LogP contribution in [0, 0.1) is 5.82 Å². The smallest absolute Gasteiger partial charge is 0.225 e. The highest BCUT2D eigenvalue weighted by Crippen LogP contribution is 2.27. The fourth-order valence-corrected chi connectivity index (χ4v) is 3.10. The molecule has 0 radical (unpaired) electrons. The molecule has 2 atom stereocenters. The number of methoxy groups -OCH3 is 1. The average molecular weight is 331 g/mol. The molecule has 2 heterocycles. The third-order valence-corrected chi connectivity index (χ3v) is 4.25. The van der Waals surface area contributed by atoms with Gasteiger partial charge in [0.05, 0.1) is 37.8 Å². The van der Waals surface area contributed by atoms with Gasteiger partial charge in [0, 0.05) is 13.7 Å². The van der Waals surface area contributed by atoms with E-state index in [4.69, 9.17) is 9.47 Å². The lowest BCUT2D eigenvalue weighted by atomic mass is 10.0. The predicted molar refractivity (Wildman–Crippen MR) is 89.5 cm³/mol. The molecule has 24 heavy (non-hydrogen) atoms. The van der Waals surface area contributed by atoms with E-state index in [0.717, 1.165) is 19.4 Å². The summed E-state index contributed by atoms with van der Waals surface area (Å²) in [6.07, 6.45) is 4.22. The Balaban J connectivity index is 1.77. The van der Waals surface area contributed by atoms with Gasteiger partial charge in [0.15, 0.2) is 5.82 Å². The van der Waals surface area contributed by atoms with E-state index in [9.17, 15) is 4.39 Å². The summed E-state index contributed by atoms with van der Waals surface area (Å²) in [6, 6.07) is 10.4. The predicted octanol–water partition coefficient (Wildman–Crippen LogP) is 2.47. The molecule has 0 amide bonds. The lowest BCUT2D eigenvalue weighted by Crippen LogP contribution is -2.39. The summed E-state index contributed by atoms with van der Waals surface area (Å²) in [5.74, 6) is 0.126. The zero-order chi connectivity index (χ0) is 16.8. The molecule has 1 aliphatic rings. The normalized spacial score (nSPS) is 20.5. The Morgan fingerprint density at radius 2 is 1.92 bits per heavy atom. The van der Waals surface area contributed by atoms with Crippen LogP contribution in [-0.2, 0) is 15.9 Å². The van der Waals surface area contributed by atoms with Gasteiger partial charge in [0.1, 0.15) is 0 Å². The summed E-state index contributed by atoms with van der Waals surface area (Å²) in [7, 11) is 1.66. The fourth-order valence-electron chi connectivity index (χ4n) is 3.10. The van der Waals surface area contributed by atoms with Gasteiger partial charge in [-0.3, -0.25) is 0 Å². The van der Waals surface area contributed by atoms with Crippen molar-refractivity contribution in [3.05, 3.63) is 54.1 Å². The first kappa shape index (κ1) is 16.8. The van der Waals surface area contributed by atoms with Gasteiger partial charge in [-0.15, -0.1) is 0 Å². The number of anilines is 1. The molecule has 0 aliphatic carbocycles. The molecular formula is C18H22FN3O2. The molecule has 6 heteroatoms. The van der Waals surface area contributed by atoms with Crippen molar-refractivity contribution in [2.75, 3.05) is 31.8 Å². The van der Waals surface area contributed by atoms with Crippen LogP contribution in [0.4, 0.5) is 10.3 Å². The van der Waals surface area contributed by atoms with Crippen molar-refractivity contribution < 1.29 is 13.9 Å². The molecule has 1 fully saturated rings. The molecule has 0 spiro atoms. The highest BCUT2D eigenvalue weighted by atomic mass is 19.1. The fraction of sp³-hybridized carbons (Fsp3) is 0.444. The van der Waals surface area contributed by atoms with Crippen molar-refractivity contribution in [3.8, 4) is 0 Å². The van der Waals surface area contributed by atoms with Crippen LogP contribution in [0.15, 0.2) is 42.7 Å². The third-order valence-electron chi connectivity index (χ3n) is 4.25. The molecule has 1 aliphatic heterocycles. The van der Waals surface area contributed by atoms with Gasteiger partial charge in [-0.25, -0.2) is 14.4 Å². The van der Waals surface area contributed by atoms with Crippen LogP contribution < -0.4 is 4.90 Å². The van der Waals surface area contributed by atoms with E-state index in [1.165, 1.54) is 18.0 Å². The van der Waals surface area contributed by atoms with Crippen LogP contribution in [-0.4, -0.2) is 49.0 Å². The Morgan fingerprint density at radius 1 is 1.17 bits per heavy atom. The Morgan fingerprint density at radius 3 is 2.62 bits per heavy atom. The summed E-state index contributed by atoms with van der Waals surface area (Å²) in [5.41, 5.74) is 1.23. The summed E-state index contributed by atoms with van der Waals surface area (Å²) < 4.78 is 24.2. The minimum absolute atomic E-state index is 0.0778. The molecule has 128 valence electrons. The quantitative estimate of drug-likeness (QED) is 0.730. The molecule has 0 unspecified atom stereocenters. The number of rotatable bonds is 7.